The van der Waals surface area contributed by atoms with E-state index < -0.39 is 5.91 Å². The molecule has 2 N–H and O–H groups in total. The van der Waals surface area contributed by atoms with Crippen LogP contribution in [0.2, 0.25) is 0 Å². The number of carbonyl (C=O) groups excluding carboxylic acids is 1. The number of pyridine rings is 1. The highest BCUT2D eigenvalue weighted by Crippen LogP contribution is 2.24. The second kappa shape index (κ2) is 5.18. The Hall–Kier alpha value is -1.88. The van der Waals surface area contributed by atoms with E-state index in [2.05, 4.69) is 26.2 Å². The molecule has 92 valence electrons. The van der Waals surface area contributed by atoms with E-state index >= 15 is 0 Å². The predicted octanol–water partition coefficient (Wildman–Crippen LogP) is 3.11. The zero-order chi connectivity index (χ0) is 13.1. The van der Waals surface area contributed by atoms with Crippen LogP contribution in [-0.4, -0.2) is 16.0 Å². The summed E-state index contributed by atoms with van der Waals surface area (Å²) in [5, 5.41) is 12.3. The number of halogens is 1. The summed E-state index contributed by atoms with van der Waals surface area (Å²) in [6.45, 7) is 1.89. The van der Waals surface area contributed by atoms with Gasteiger partial charge in [-0.3, -0.25) is 4.79 Å². The lowest BCUT2D eigenvalue weighted by molar-refractivity contribution is 0.101. The Kier molecular flexibility index (Phi) is 3.62. The SMILES string of the molecule is Cc1c(Br)cccc1NC(=O)c1ncccc1O. The normalized spacial score (nSPS) is 10.1. The highest BCUT2D eigenvalue weighted by Gasteiger charge is 2.13. The van der Waals surface area contributed by atoms with E-state index in [9.17, 15) is 9.90 Å². The standard InChI is InChI=1S/C13H11BrN2O2/c1-8-9(14)4-2-5-10(8)16-13(18)12-11(17)6-3-7-15-12/h2-7,17H,1H3,(H,16,18). The maximum absolute atomic E-state index is 11.9. The molecule has 0 radical (unpaired) electrons. The second-order valence-electron chi connectivity index (χ2n) is 3.74. The first-order valence-corrected chi connectivity index (χ1v) is 6.09. The fourth-order valence-electron chi connectivity index (χ4n) is 1.50. The molecule has 1 heterocycles. The number of benzene rings is 1. The van der Waals surface area contributed by atoms with Crippen LogP contribution in [0.15, 0.2) is 41.0 Å². The first-order chi connectivity index (χ1) is 8.59. The molecule has 1 aromatic heterocycles. The van der Waals surface area contributed by atoms with Crippen molar-refractivity contribution in [2.45, 2.75) is 6.92 Å². The Balaban J connectivity index is 2.27. The van der Waals surface area contributed by atoms with Gasteiger partial charge in [-0.15, -0.1) is 0 Å². The molecule has 0 fully saturated rings. The number of carbonyl (C=O) groups is 1. The van der Waals surface area contributed by atoms with Crippen molar-refractivity contribution in [1.29, 1.82) is 0 Å². The van der Waals surface area contributed by atoms with Crippen LogP contribution in [-0.2, 0) is 0 Å². The average Bonchev–Trinajstić information content (AvgIpc) is 2.35. The lowest BCUT2D eigenvalue weighted by atomic mass is 10.2. The maximum Gasteiger partial charge on any atom is 0.278 e. The first-order valence-electron chi connectivity index (χ1n) is 5.30. The third-order valence-electron chi connectivity index (χ3n) is 2.52. The molecular weight excluding hydrogens is 296 g/mol. The number of hydrogen-bond donors (Lipinski definition) is 2. The van der Waals surface area contributed by atoms with Crippen LogP contribution in [0.3, 0.4) is 0 Å². The van der Waals surface area contributed by atoms with Crippen molar-refractivity contribution >= 4 is 27.5 Å². The van der Waals surface area contributed by atoms with Crippen molar-refractivity contribution < 1.29 is 9.90 Å². The van der Waals surface area contributed by atoms with E-state index in [0.717, 1.165) is 10.0 Å². The minimum absolute atomic E-state index is 0.0110. The van der Waals surface area contributed by atoms with Gasteiger partial charge in [0, 0.05) is 16.4 Å². The molecule has 0 aliphatic rings. The molecule has 0 aliphatic heterocycles. The predicted molar refractivity (Wildman–Crippen MR) is 72.7 cm³/mol. The van der Waals surface area contributed by atoms with E-state index in [4.69, 9.17) is 0 Å². The van der Waals surface area contributed by atoms with Crippen molar-refractivity contribution in [3.05, 3.63) is 52.3 Å². The van der Waals surface area contributed by atoms with Crippen LogP contribution in [0.4, 0.5) is 5.69 Å². The topological polar surface area (TPSA) is 62.2 Å². The summed E-state index contributed by atoms with van der Waals surface area (Å²) in [4.78, 5) is 15.8. The molecule has 0 aliphatic carbocycles. The van der Waals surface area contributed by atoms with E-state index in [1.54, 1.807) is 12.1 Å². The van der Waals surface area contributed by atoms with E-state index in [1.807, 2.05) is 19.1 Å². The minimum Gasteiger partial charge on any atom is -0.505 e. The zero-order valence-corrected chi connectivity index (χ0v) is 11.2. The third-order valence-corrected chi connectivity index (χ3v) is 3.38. The number of anilines is 1. The van der Waals surface area contributed by atoms with E-state index in [1.165, 1.54) is 12.3 Å². The fraction of sp³-hybridized carbons (Fsp3) is 0.0769. The van der Waals surface area contributed by atoms with E-state index in [0.29, 0.717) is 5.69 Å². The molecule has 0 unspecified atom stereocenters. The molecule has 0 saturated heterocycles. The van der Waals surface area contributed by atoms with Gasteiger partial charge in [-0.1, -0.05) is 22.0 Å². The zero-order valence-electron chi connectivity index (χ0n) is 9.64. The Labute approximate surface area is 113 Å². The van der Waals surface area contributed by atoms with E-state index in [-0.39, 0.29) is 11.4 Å². The van der Waals surface area contributed by atoms with Crippen molar-refractivity contribution in [2.75, 3.05) is 5.32 Å². The summed E-state index contributed by atoms with van der Waals surface area (Å²) < 4.78 is 0.908. The number of nitrogens with one attached hydrogen (secondary N) is 1. The summed E-state index contributed by atoms with van der Waals surface area (Å²) >= 11 is 3.39. The van der Waals surface area contributed by atoms with Gasteiger partial charge >= 0.3 is 0 Å². The number of rotatable bonds is 2. The minimum atomic E-state index is -0.436. The second-order valence-corrected chi connectivity index (χ2v) is 4.59. The van der Waals surface area contributed by atoms with Crippen LogP contribution in [0.5, 0.6) is 5.75 Å². The molecule has 0 bridgehead atoms. The van der Waals surface area contributed by atoms with Gasteiger partial charge in [-0.2, -0.15) is 0 Å². The van der Waals surface area contributed by atoms with Crippen molar-refractivity contribution in [3.8, 4) is 5.75 Å². The highest BCUT2D eigenvalue weighted by molar-refractivity contribution is 9.10. The van der Waals surface area contributed by atoms with Gasteiger partial charge in [0.05, 0.1) is 0 Å². The number of aromatic hydroxyl groups is 1. The van der Waals surface area contributed by atoms with Gasteiger partial charge in [-0.05, 0) is 36.8 Å². The summed E-state index contributed by atoms with van der Waals surface area (Å²) in [6.07, 6.45) is 1.46. The molecule has 0 spiro atoms. The summed E-state index contributed by atoms with van der Waals surface area (Å²) in [7, 11) is 0. The summed E-state index contributed by atoms with van der Waals surface area (Å²) in [5.74, 6) is -0.572. The monoisotopic (exact) mass is 306 g/mol. The van der Waals surface area contributed by atoms with Crippen LogP contribution in [0.25, 0.3) is 0 Å². The molecule has 18 heavy (non-hydrogen) atoms. The Morgan fingerprint density at radius 2 is 2.11 bits per heavy atom. The highest BCUT2D eigenvalue weighted by atomic mass is 79.9. The third kappa shape index (κ3) is 2.51. The Morgan fingerprint density at radius 1 is 1.33 bits per heavy atom. The van der Waals surface area contributed by atoms with Crippen LogP contribution < -0.4 is 5.32 Å². The first kappa shape index (κ1) is 12.6. The average molecular weight is 307 g/mol. The molecular formula is C13H11BrN2O2. The van der Waals surface area contributed by atoms with Crippen LogP contribution in [0.1, 0.15) is 16.1 Å². The van der Waals surface area contributed by atoms with Gasteiger partial charge in [0.15, 0.2) is 5.69 Å². The molecule has 0 atom stereocenters. The molecule has 5 heteroatoms. The van der Waals surface area contributed by atoms with Crippen molar-refractivity contribution in [3.63, 3.8) is 0 Å². The van der Waals surface area contributed by atoms with Gasteiger partial charge in [0.1, 0.15) is 5.75 Å². The van der Waals surface area contributed by atoms with Gasteiger partial charge in [-0.25, -0.2) is 4.98 Å². The number of nitrogens with zero attached hydrogens (tertiary/aromatic N) is 1. The number of hydrogen-bond acceptors (Lipinski definition) is 3. The quantitative estimate of drug-likeness (QED) is 0.896. The van der Waals surface area contributed by atoms with Crippen molar-refractivity contribution in [1.82, 2.24) is 4.98 Å². The van der Waals surface area contributed by atoms with Crippen LogP contribution >= 0.6 is 15.9 Å². The summed E-state index contributed by atoms with van der Waals surface area (Å²) in [5.41, 5.74) is 1.61. The Bertz CT molecular complexity index is 599. The van der Waals surface area contributed by atoms with Gasteiger partial charge in [0.2, 0.25) is 0 Å². The van der Waals surface area contributed by atoms with Crippen molar-refractivity contribution in [2.24, 2.45) is 0 Å². The molecule has 2 rings (SSSR count). The largest absolute Gasteiger partial charge is 0.505 e. The number of amides is 1. The fourth-order valence-corrected chi connectivity index (χ4v) is 1.86. The lowest BCUT2D eigenvalue weighted by Gasteiger charge is -2.09. The maximum atomic E-state index is 11.9. The molecule has 1 aromatic carbocycles. The summed E-state index contributed by atoms with van der Waals surface area (Å²) in [6, 6.07) is 8.50. The molecule has 0 saturated carbocycles. The molecule has 4 nitrogen and oxygen atoms in total. The Morgan fingerprint density at radius 3 is 2.83 bits per heavy atom. The smallest absolute Gasteiger partial charge is 0.278 e. The van der Waals surface area contributed by atoms with Crippen LogP contribution in [0, 0.1) is 6.92 Å². The van der Waals surface area contributed by atoms with Gasteiger partial charge in [0.25, 0.3) is 5.91 Å². The van der Waals surface area contributed by atoms with Gasteiger partial charge < -0.3 is 10.4 Å². The number of aromatic nitrogens is 1. The molecule has 2 aromatic rings. The lowest BCUT2D eigenvalue weighted by Crippen LogP contribution is -2.14. The molecule has 1 amide bonds.